The number of rotatable bonds is 4. The standard InChI is InChI=1S/C22H14ClN3O2/c23-16-7-8-18-17(10-16)20(15-4-2-1-3-5-15)21(22(28)26-18)19(27)9-6-14-11-24-13-25-12-14/h1-13H,(H,26,28). The lowest BCUT2D eigenvalue weighted by Crippen LogP contribution is -2.18. The minimum Gasteiger partial charge on any atom is -0.321 e. The van der Waals surface area contributed by atoms with Crippen LogP contribution in [0.4, 0.5) is 0 Å². The van der Waals surface area contributed by atoms with Gasteiger partial charge in [0.2, 0.25) is 0 Å². The van der Waals surface area contributed by atoms with Crippen LogP contribution < -0.4 is 5.56 Å². The molecular formula is C22H14ClN3O2. The molecule has 1 N–H and O–H groups in total. The molecule has 0 aliphatic rings. The number of pyridine rings is 1. The maximum Gasteiger partial charge on any atom is 0.260 e. The first-order chi connectivity index (χ1) is 13.6. The van der Waals surface area contributed by atoms with Gasteiger partial charge in [-0.05, 0) is 35.9 Å². The first-order valence-electron chi connectivity index (χ1n) is 8.52. The summed E-state index contributed by atoms with van der Waals surface area (Å²) in [5.74, 6) is -0.411. The van der Waals surface area contributed by atoms with Gasteiger partial charge in [0.1, 0.15) is 6.33 Å². The molecule has 2 aromatic heterocycles. The van der Waals surface area contributed by atoms with Gasteiger partial charge in [0.15, 0.2) is 5.78 Å². The molecule has 0 atom stereocenters. The Balaban J connectivity index is 1.95. The zero-order chi connectivity index (χ0) is 19.5. The predicted molar refractivity (Wildman–Crippen MR) is 110 cm³/mol. The molecular weight excluding hydrogens is 374 g/mol. The van der Waals surface area contributed by atoms with Crippen molar-refractivity contribution in [1.29, 1.82) is 0 Å². The van der Waals surface area contributed by atoms with E-state index in [4.69, 9.17) is 11.6 Å². The summed E-state index contributed by atoms with van der Waals surface area (Å²) in [4.78, 5) is 36.4. The number of carbonyl (C=O) groups is 1. The molecule has 4 rings (SSSR count). The van der Waals surface area contributed by atoms with Gasteiger partial charge >= 0.3 is 0 Å². The molecule has 0 amide bonds. The SMILES string of the molecule is O=C(C=Cc1cncnc1)c1c(-c2ccccc2)c2cc(Cl)ccc2[nH]c1=O. The summed E-state index contributed by atoms with van der Waals surface area (Å²) in [6.07, 6.45) is 7.51. The summed E-state index contributed by atoms with van der Waals surface area (Å²) in [6.45, 7) is 0. The molecule has 0 fully saturated rings. The Bertz CT molecular complexity index is 1250. The number of aromatic amines is 1. The molecule has 28 heavy (non-hydrogen) atoms. The number of ketones is 1. The molecule has 2 aromatic carbocycles. The fraction of sp³-hybridized carbons (Fsp3) is 0. The van der Waals surface area contributed by atoms with Crippen LogP contribution in [-0.4, -0.2) is 20.7 Å². The van der Waals surface area contributed by atoms with Crippen molar-refractivity contribution < 1.29 is 4.79 Å². The van der Waals surface area contributed by atoms with Crippen LogP contribution in [0.5, 0.6) is 0 Å². The Morgan fingerprint density at radius 2 is 1.79 bits per heavy atom. The summed E-state index contributed by atoms with van der Waals surface area (Å²) in [5, 5.41) is 1.23. The number of halogens is 1. The molecule has 0 aliphatic heterocycles. The molecule has 0 spiro atoms. The largest absolute Gasteiger partial charge is 0.321 e. The summed E-state index contributed by atoms with van der Waals surface area (Å²) < 4.78 is 0. The molecule has 2 heterocycles. The lowest BCUT2D eigenvalue weighted by molar-refractivity contribution is 0.104. The van der Waals surface area contributed by atoms with E-state index in [-0.39, 0.29) is 5.56 Å². The molecule has 0 aliphatic carbocycles. The van der Waals surface area contributed by atoms with Crippen molar-refractivity contribution in [2.45, 2.75) is 0 Å². The average Bonchev–Trinajstić information content (AvgIpc) is 2.73. The topological polar surface area (TPSA) is 75.7 Å². The monoisotopic (exact) mass is 387 g/mol. The van der Waals surface area contributed by atoms with Crippen LogP contribution in [0.1, 0.15) is 15.9 Å². The number of allylic oxidation sites excluding steroid dienone is 1. The Kier molecular flexibility index (Phi) is 4.83. The number of aromatic nitrogens is 3. The number of hydrogen-bond acceptors (Lipinski definition) is 4. The van der Waals surface area contributed by atoms with Crippen molar-refractivity contribution in [3.05, 3.63) is 99.8 Å². The lowest BCUT2D eigenvalue weighted by atomic mass is 9.94. The van der Waals surface area contributed by atoms with Crippen LogP contribution >= 0.6 is 11.6 Å². The first kappa shape index (κ1) is 17.8. The van der Waals surface area contributed by atoms with E-state index < -0.39 is 11.3 Å². The van der Waals surface area contributed by atoms with Gasteiger partial charge in [0, 0.05) is 39.4 Å². The zero-order valence-electron chi connectivity index (χ0n) is 14.6. The minimum absolute atomic E-state index is 0.0640. The number of nitrogens with one attached hydrogen (secondary N) is 1. The zero-order valence-corrected chi connectivity index (χ0v) is 15.4. The van der Waals surface area contributed by atoms with E-state index in [9.17, 15) is 9.59 Å². The molecule has 0 saturated carbocycles. The molecule has 0 radical (unpaired) electrons. The van der Waals surface area contributed by atoms with Crippen molar-refractivity contribution in [1.82, 2.24) is 15.0 Å². The van der Waals surface area contributed by atoms with Crippen molar-refractivity contribution in [3.8, 4) is 11.1 Å². The summed E-state index contributed by atoms with van der Waals surface area (Å²) >= 11 is 6.19. The Labute approximate surface area is 165 Å². The van der Waals surface area contributed by atoms with Gasteiger partial charge in [0.05, 0.1) is 5.56 Å². The van der Waals surface area contributed by atoms with Gasteiger partial charge < -0.3 is 4.98 Å². The van der Waals surface area contributed by atoms with Gasteiger partial charge in [-0.15, -0.1) is 0 Å². The van der Waals surface area contributed by atoms with Crippen molar-refractivity contribution in [2.75, 3.05) is 0 Å². The second kappa shape index (κ2) is 7.58. The highest BCUT2D eigenvalue weighted by atomic mass is 35.5. The molecule has 6 heteroatoms. The first-order valence-corrected chi connectivity index (χ1v) is 8.89. The summed E-state index contributed by atoms with van der Waals surface area (Å²) in [6, 6.07) is 14.5. The molecule has 0 saturated heterocycles. The smallest absolute Gasteiger partial charge is 0.260 e. The van der Waals surface area contributed by atoms with Crippen molar-refractivity contribution >= 4 is 34.4 Å². The molecule has 0 bridgehead atoms. The van der Waals surface area contributed by atoms with Crippen LogP contribution in [0.25, 0.3) is 28.1 Å². The normalized spacial score (nSPS) is 11.2. The molecule has 136 valence electrons. The number of H-pyrrole nitrogens is 1. The third-order valence-corrected chi connectivity index (χ3v) is 4.53. The maximum absolute atomic E-state index is 13.0. The molecule has 5 nitrogen and oxygen atoms in total. The van der Waals surface area contributed by atoms with Gasteiger partial charge in [0.25, 0.3) is 5.56 Å². The predicted octanol–water partition coefficient (Wildman–Crippen LogP) is 4.53. The van der Waals surface area contributed by atoms with E-state index >= 15 is 0 Å². The highest BCUT2D eigenvalue weighted by Crippen LogP contribution is 2.31. The number of fused-ring (bicyclic) bond motifs is 1. The van der Waals surface area contributed by atoms with E-state index in [1.807, 2.05) is 30.3 Å². The second-order valence-electron chi connectivity index (χ2n) is 6.13. The van der Waals surface area contributed by atoms with E-state index in [0.29, 0.717) is 27.1 Å². The lowest BCUT2D eigenvalue weighted by Gasteiger charge is -2.11. The van der Waals surface area contributed by atoms with E-state index in [2.05, 4.69) is 15.0 Å². The number of nitrogens with zero attached hydrogens (tertiary/aromatic N) is 2. The van der Waals surface area contributed by atoms with E-state index in [1.54, 1.807) is 36.7 Å². The average molecular weight is 388 g/mol. The van der Waals surface area contributed by atoms with Crippen LogP contribution in [-0.2, 0) is 0 Å². The van der Waals surface area contributed by atoms with E-state index in [0.717, 1.165) is 5.56 Å². The summed E-state index contributed by atoms with van der Waals surface area (Å²) in [5.41, 5.74) is 2.21. The van der Waals surface area contributed by atoms with Crippen molar-refractivity contribution in [3.63, 3.8) is 0 Å². The maximum atomic E-state index is 13.0. The van der Waals surface area contributed by atoms with Gasteiger partial charge in [-0.25, -0.2) is 9.97 Å². The Morgan fingerprint density at radius 3 is 2.54 bits per heavy atom. The van der Waals surface area contributed by atoms with Gasteiger partial charge in [-0.3, -0.25) is 9.59 Å². The van der Waals surface area contributed by atoms with Crippen molar-refractivity contribution in [2.24, 2.45) is 0 Å². The quantitative estimate of drug-likeness (QED) is 0.412. The van der Waals surface area contributed by atoms with Crippen LogP contribution in [0, 0.1) is 0 Å². The van der Waals surface area contributed by atoms with Gasteiger partial charge in [-0.1, -0.05) is 41.9 Å². The van der Waals surface area contributed by atoms with Crippen LogP contribution in [0.3, 0.4) is 0 Å². The van der Waals surface area contributed by atoms with Crippen LogP contribution in [0.15, 0.2) is 78.1 Å². The third-order valence-electron chi connectivity index (χ3n) is 4.29. The molecule has 0 unspecified atom stereocenters. The third kappa shape index (κ3) is 3.48. The van der Waals surface area contributed by atoms with E-state index in [1.165, 1.54) is 12.4 Å². The van der Waals surface area contributed by atoms with Crippen LogP contribution in [0.2, 0.25) is 5.02 Å². The fourth-order valence-electron chi connectivity index (χ4n) is 3.06. The Hall–Kier alpha value is -3.57. The molecule has 4 aromatic rings. The number of carbonyl (C=O) groups excluding carboxylic acids is 1. The highest BCUT2D eigenvalue weighted by Gasteiger charge is 2.19. The number of benzene rings is 2. The summed E-state index contributed by atoms with van der Waals surface area (Å²) in [7, 11) is 0. The highest BCUT2D eigenvalue weighted by molar-refractivity contribution is 6.31. The van der Waals surface area contributed by atoms with Gasteiger partial charge in [-0.2, -0.15) is 0 Å². The minimum atomic E-state index is -0.451. The number of hydrogen-bond donors (Lipinski definition) is 1. The second-order valence-corrected chi connectivity index (χ2v) is 6.57. The fourth-order valence-corrected chi connectivity index (χ4v) is 3.23. The Morgan fingerprint density at radius 1 is 1.04 bits per heavy atom.